The summed E-state index contributed by atoms with van der Waals surface area (Å²) in [5.41, 5.74) is 3.64. The highest BCUT2D eigenvalue weighted by Crippen LogP contribution is 2.49. The minimum Gasteiger partial charge on any atom is -0.508 e. The third-order valence-corrected chi connectivity index (χ3v) is 4.40. The lowest BCUT2D eigenvalue weighted by Gasteiger charge is -2.36. The lowest BCUT2D eigenvalue weighted by molar-refractivity contribution is 0.0829. The van der Waals surface area contributed by atoms with Crippen LogP contribution < -0.4 is 5.32 Å². The van der Waals surface area contributed by atoms with Crippen LogP contribution in [0.1, 0.15) is 29.7 Å². The van der Waals surface area contributed by atoms with Crippen LogP contribution in [0, 0.1) is 5.92 Å². The van der Waals surface area contributed by atoms with Crippen molar-refractivity contribution in [1.29, 1.82) is 0 Å². The number of anilines is 1. The maximum atomic E-state index is 9.46. The molecule has 1 saturated heterocycles. The number of aromatic hydroxyl groups is 1. The number of nitrogens with one attached hydrogen (secondary N) is 1. The van der Waals surface area contributed by atoms with Crippen LogP contribution in [0.4, 0.5) is 5.69 Å². The average Bonchev–Trinajstić information content (AvgIpc) is 2.97. The van der Waals surface area contributed by atoms with Crippen molar-refractivity contribution >= 4 is 5.69 Å². The molecule has 0 spiro atoms. The molecule has 0 amide bonds. The minimum absolute atomic E-state index is 0.186. The van der Waals surface area contributed by atoms with Crippen LogP contribution >= 0.6 is 0 Å². The molecular weight excluding hydrogens is 250 g/mol. The van der Waals surface area contributed by atoms with Crippen LogP contribution in [-0.4, -0.2) is 11.7 Å². The number of phenols is 1. The number of para-hydroxylation sites is 1. The highest BCUT2D eigenvalue weighted by Gasteiger charge is 2.41. The first kappa shape index (κ1) is 11.8. The molecule has 2 N–H and O–H groups in total. The molecule has 3 heteroatoms. The van der Waals surface area contributed by atoms with Gasteiger partial charge in [-0.05, 0) is 30.2 Å². The summed E-state index contributed by atoms with van der Waals surface area (Å²) in [7, 11) is 0. The third-order valence-electron chi connectivity index (χ3n) is 4.40. The van der Waals surface area contributed by atoms with E-state index < -0.39 is 0 Å². The fraction of sp³-hybridized carbons (Fsp3) is 0.294. The van der Waals surface area contributed by atoms with E-state index in [1.54, 1.807) is 12.1 Å². The van der Waals surface area contributed by atoms with Gasteiger partial charge in [-0.25, -0.2) is 0 Å². The molecular formula is C17H17NO2. The topological polar surface area (TPSA) is 41.5 Å². The predicted molar refractivity (Wildman–Crippen MR) is 77.7 cm³/mol. The number of ether oxygens (including phenoxy) is 1. The van der Waals surface area contributed by atoms with Gasteiger partial charge in [-0.15, -0.1) is 0 Å². The van der Waals surface area contributed by atoms with Gasteiger partial charge in [0.05, 0.1) is 12.1 Å². The van der Waals surface area contributed by atoms with E-state index in [1.807, 2.05) is 12.1 Å². The molecule has 102 valence electrons. The summed E-state index contributed by atoms with van der Waals surface area (Å²) in [4.78, 5) is 0. The smallest absolute Gasteiger partial charge is 0.115 e. The van der Waals surface area contributed by atoms with Crippen molar-refractivity contribution in [2.24, 2.45) is 5.92 Å². The molecule has 3 nitrogen and oxygen atoms in total. The van der Waals surface area contributed by atoms with Gasteiger partial charge in [-0.1, -0.05) is 30.3 Å². The Balaban J connectivity index is 1.76. The Morgan fingerprint density at radius 2 is 1.85 bits per heavy atom. The molecule has 2 heterocycles. The molecule has 3 atom stereocenters. The average molecular weight is 267 g/mol. The molecule has 0 bridgehead atoms. The number of benzene rings is 2. The zero-order chi connectivity index (χ0) is 13.5. The Morgan fingerprint density at radius 1 is 1.05 bits per heavy atom. The van der Waals surface area contributed by atoms with Gasteiger partial charge < -0.3 is 15.2 Å². The fourth-order valence-electron chi connectivity index (χ4n) is 3.43. The zero-order valence-electron chi connectivity index (χ0n) is 11.1. The summed E-state index contributed by atoms with van der Waals surface area (Å²) in [6.45, 7) is 0.819. The third kappa shape index (κ3) is 1.78. The first-order chi connectivity index (χ1) is 9.83. The molecule has 2 aliphatic heterocycles. The van der Waals surface area contributed by atoms with Crippen molar-refractivity contribution in [3.8, 4) is 5.75 Å². The van der Waals surface area contributed by atoms with Crippen molar-refractivity contribution in [3.05, 3.63) is 59.7 Å². The second-order valence-electron chi connectivity index (χ2n) is 5.54. The second kappa shape index (κ2) is 4.53. The van der Waals surface area contributed by atoms with Crippen LogP contribution in [0.5, 0.6) is 5.75 Å². The summed E-state index contributed by atoms with van der Waals surface area (Å²) in [6.07, 6.45) is 1.25. The first-order valence-corrected chi connectivity index (χ1v) is 7.09. The molecule has 0 aliphatic carbocycles. The Kier molecular flexibility index (Phi) is 2.67. The molecule has 0 radical (unpaired) electrons. The van der Waals surface area contributed by atoms with E-state index >= 15 is 0 Å². The van der Waals surface area contributed by atoms with Crippen LogP contribution in [0.15, 0.2) is 48.5 Å². The standard InChI is InChI=1S/C17H17NO2/c19-12-7-5-11(6-8-12)16-14-9-10-20-17(14)13-3-1-2-4-15(13)18-16/h1-8,14,16-19H,9-10H2/t14-,16-,17+/m0/s1. The van der Waals surface area contributed by atoms with E-state index in [4.69, 9.17) is 4.74 Å². The molecule has 1 fully saturated rings. The number of rotatable bonds is 1. The van der Waals surface area contributed by atoms with Crippen LogP contribution in [0.25, 0.3) is 0 Å². The molecule has 2 aromatic rings. The fourth-order valence-corrected chi connectivity index (χ4v) is 3.43. The van der Waals surface area contributed by atoms with Gasteiger partial charge in [0.25, 0.3) is 0 Å². The molecule has 4 rings (SSSR count). The SMILES string of the molecule is Oc1ccc([C@@H]2Nc3ccccc3[C@H]3OCC[C@H]32)cc1. The molecule has 0 unspecified atom stereocenters. The van der Waals surface area contributed by atoms with Crippen molar-refractivity contribution in [1.82, 2.24) is 0 Å². The van der Waals surface area contributed by atoms with Gasteiger partial charge in [0.2, 0.25) is 0 Å². The summed E-state index contributed by atoms with van der Waals surface area (Å²) >= 11 is 0. The van der Waals surface area contributed by atoms with Gasteiger partial charge >= 0.3 is 0 Å². The first-order valence-electron chi connectivity index (χ1n) is 7.09. The van der Waals surface area contributed by atoms with E-state index in [0.717, 1.165) is 18.7 Å². The molecule has 0 saturated carbocycles. The highest BCUT2D eigenvalue weighted by molar-refractivity contribution is 5.57. The quantitative estimate of drug-likeness (QED) is 0.829. The number of hydrogen-bond acceptors (Lipinski definition) is 3. The monoisotopic (exact) mass is 267 g/mol. The van der Waals surface area contributed by atoms with Crippen LogP contribution in [-0.2, 0) is 4.74 Å². The summed E-state index contributed by atoms with van der Waals surface area (Å²) in [5, 5.41) is 13.1. The van der Waals surface area contributed by atoms with Crippen LogP contribution in [0.2, 0.25) is 0 Å². The Morgan fingerprint density at radius 3 is 2.70 bits per heavy atom. The van der Waals surface area contributed by atoms with Crippen LogP contribution in [0.3, 0.4) is 0 Å². The molecule has 0 aromatic heterocycles. The predicted octanol–water partition coefficient (Wildman–Crippen LogP) is 3.64. The normalized spacial score (nSPS) is 27.5. The Bertz CT molecular complexity index is 623. The maximum absolute atomic E-state index is 9.46. The van der Waals surface area contributed by atoms with Crippen molar-refractivity contribution in [2.75, 3.05) is 11.9 Å². The van der Waals surface area contributed by atoms with Gasteiger partial charge in [0.1, 0.15) is 5.75 Å². The summed E-state index contributed by atoms with van der Waals surface area (Å²) < 4.78 is 5.97. The van der Waals surface area contributed by atoms with E-state index in [9.17, 15) is 5.11 Å². The minimum atomic E-state index is 0.186. The molecule has 20 heavy (non-hydrogen) atoms. The lowest BCUT2D eigenvalue weighted by atomic mass is 9.81. The van der Waals surface area contributed by atoms with Crippen molar-refractivity contribution in [2.45, 2.75) is 18.6 Å². The maximum Gasteiger partial charge on any atom is 0.115 e. The van der Waals surface area contributed by atoms with E-state index in [0.29, 0.717) is 11.7 Å². The Hall–Kier alpha value is -2.00. The van der Waals surface area contributed by atoms with Gasteiger partial charge in [0.15, 0.2) is 0 Å². The Labute approximate surface area is 118 Å². The van der Waals surface area contributed by atoms with Gasteiger partial charge in [-0.2, -0.15) is 0 Å². The summed E-state index contributed by atoms with van der Waals surface area (Å²) in [6, 6.07) is 16.1. The van der Waals surface area contributed by atoms with E-state index in [1.165, 1.54) is 11.1 Å². The van der Waals surface area contributed by atoms with Gasteiger partial charge in [-0.3, -0.25) is 0 Å². The highest BCUT2D eigenvalue weighted by atomic mass is 16.5. The number of phenolic OH excluding ortho intramolecular Hbond substituents is 1. The molecule has 2 aliphatic rings. The summed E-state index contributed by atoms with van der Waals surface area (Å²) in [5.74, 6) is 0.763. The van der Waals surface area contributed by atoms with E-state index in [-0.39, 0.29) is 12.1 Å². The second-order valence-corrected chi connectivity index (χ2v) is 5.54. The zero-order valence-corrected chi connectivity index (χ0v) is 11.1. The van der Waals surface area contributed by atoms with Gasteiger partial charge in [0, 0.05) is 23.8 Å². The number of fused-ring (bicyclic) bond motifs is 3. The lowest BCUT2D eigenvalue weighted by Crippen LogP contribution is -2.29. The largest absolute Gasteiger partial charge is 0.508 e. The number of hydrogen-bond donors (Lipinski definition) is 2. The van der Waals surface area contributed by atoms with Crippen molar-refractivity contribution in [3.63, 3.8) is 0 Å². The van der Waals surface area contributed by atoms with Crippen molar-refractivity contribution < 1.29 is 9.84 Å². The van der Waals surface area contributed by atoms with E-state index in [2.05, 4.69) is 29.6 Å². The molecule has 2 aromatic carbocycles.